The molecule has 1 saturated heterocycles. The van der Waals surface area contributed by atoms with E-state index in [-0.39, 0.29) is 11.4 Å². The fraction of sp³-hybridized carbons (Fsp3) is 0.364. The largest absolute Gasteiger partial charge is 0.492 e. The summed E-state index contributed by atoms with van der Waals surface area (Å²) in [6.07, 6.45) is -0.322. The standard InChI is InChI=1S/C22H25ClFN3O4/c23-18-14-16(6-7-19(18)24)25-22(30)20(15-21(28)29)27-10-8-26(9-11-27)12-13-31-17-4-2-1-3-5-17/h1-7,14,20H,8-13,15H2,(H,25,30)(H,28,29). The van der Waals surface area contributed by atoms with Gasteiger partial charge in [-0.05, 0) is 30.3 Å². The molecule has 166 valence electrons. The SMILES string of the molecule is O=C(O)CC(C(=O)Nc1ccc(F)c(Cl)c1)N1CCN(CCOc2ccccc2)CC1. The molecule has 1 atom stereocenters. The van der Waals surface area contributed by atoms with Crippen molar-refractivity contribution < 1.29 is 23.8 Å². The zero-order valence-electron chi connectivity index (χ0n) is 17.0. The summed E-state index contributed by atoms with van der Waals surface area (Å²) < 4.78 is 19.1. The minimum atomic E-state index is -1.06. The Hall–Kier alpha value is -2.68. The van der Waals surface area contributed by atoms with Gasteiger partial charge in [-0.15, -0.1) is 0 Å². The average molecular weight is 450 g/mol. The van der Waals surface area contributed by atoms with E-state index >= 15 is 0 Å². The second-order valence-electron chi connectivity index (χ2n) is 7.27. The van der Waals surface area contributed by atoms with Crippen molar-refractivity contribution in [3.05, 3.63) is 59.4 Å². The summed E-state index contributed by atoms with van der Waals surface area (Å²) >= 11 is 5.76. The molecule has 2 N–H and O–H groups in total. The highest BCUT2D eigenvalue weighted by molar-refractivity contribution is 6.31. The summed E-state index contributed by atoms with van der Waals surface area (Å²) in [5.41, 5.74) is 0.323. The Bertz CT molecular complexity index is 892. The summed E-state index contributed by atoms with van der Waals surface area (Å²) in [5, 5.41) is 11.8. The lowest BCUT2D eigenvalue weighted by Gasteiger charge is -2.38. The number of nitrogens with zero attached hydrogens (tertiary/aromatic N) is 2. The first-order chi connectivity index (χ1) is 14.9. The smallest absolute Gasteiger partial charge is 0.305 e. The Kier molecular flexibility index (Phi) is 8.22. The predicted octanol–water partition coefficient (Wildman–Crippen LogP) is 2.96. The van der Waals surface area contributed by atoms with Crippen LogP contribution in [0, 0.1) is 5.82 Å². The molecular formula is C22H25ClFN3O4. The summed E-state index contributed by atoms with van der Waals surface area (Å²) in [7, 11) is 0. The van der Waals surface area contributed by atoms with Gasteiger partial charge in [0.2, 0.25) is 5.91 Å². The number of rotatable bonds is 9. The Morgan fingerprint density at radius 1 is 1.13 bits per heavy atom. The van der Waals surface area contributed by atoms with Gasteiger partial charge in [0, 0.05) is 38.4 Å². The Balaban J connectivity index is 1.52. The second-order valence-corrected chi connectivity index (χ2v) is 7.68. The molecule has 1 amide bonds. The van der Waals surface area contributed by atoms with Crippen LogP contribution in [0.25, 0.3) is 0 Å². The van der Waals surface area contributed by atoms with Crippen LogP contribution in [0.3, 0.4) is 0 Å². The van der Waals surface area contributed by atoms with Gasteiger partial charge >= 0.3 is 5.97 Å². The molecule has 1 unspecified atom stereocenters. The van der Waals surface area contributed by atoms with Gasteiger partial charge in [-0.3, -0.25) is 19.4 Å². The van der Waals surface area contributed by atoms with Gasteiger partial charge in [-0.25, -0.2) is 4.39 Å². The van der Waals surface area contributed by atoms with E-state index in [0.29, 0.717) is 38.5 Å². The first kappa shape index (κ1) is 23.0. The van der Waals surface area contributed by atoms with Crippen LogP contribution in [-0.4, -0.2) is 72.2 Å². The number of ether oxygens (including phenoxy) is 1. The van der Waals surface area contributed by atoms with Crippen molar-refractivity contribution in [1.82, 2.24) is 9.80 Å². The van der Waals surface area contributed by atoms with Gasteiger partial charge in [0.25, 0.3) is 0 Å². The molecule has 1 fully saturated rings. The van der Waals surface area contributed by atoms with Crippen LogP contribution in [-0.2, 0) is 9.59 Å². The van der Waals surface area contributed by atoms with Gasteiger partial charge in [0.1, 0.15) is 24.2 Å². The van der Waals surface area contributed by atoms with Crippen LogP contribution in [0.5, 0.6) is 5.75 Å². The van der Waals surface area contributed by atoms with Gasteiger partial charge in [-0.2, -0.15) is 0 Å². The lowest BCUT2D eigenvalue weighted by atomic mass is 10.1. The van der Waals surface area contributed by atoms with Crippen LogP contribution < -0.4 is 10.1 Å². The van der Waals surface area contributed by atoms with E-state index in [0.717, 1.165) is 18.4 Å². The molecule has 1 aliphatic heterocycles. The summed E-state index contributed by atoms with van der Waals surface area (Å²) in [6, 6.07) is 12.6. The van der Waals surface area contributed by atoms with Crippen molar-refractivity contribution >= 4 is 29.2 Å². The number of halogens is 2. The van der Waals surface area contributed by atoms with Crippen LogP contribution >= 0.6 is 11.6 Å². The monoisotopic (exact) mass is 449 g/mol. The van der Waals surface area contributed by atoms with Crippen molar-refractivity contribution in [3.63, 3.8) is 0 Å². The highest BCUT2D eigenvalue weighted by Crippen LogP contribution is 2.20. The normalized spacial score (nSPS) is 15.9. The molecule has 0 radical (unpaired) electrons. The molecule has 0 spiro atoms. The number of benzene rings is 2. The van der Waals surface area contributed by atoms with Crippen molar-refractivity contribution in [2.45, 2.75) is 12.5 Å². The lowest BCUT2D eigenvalue weighted by Crippen LogP contribution is -2.54. The van der Waals surface area contributed by atoms with Gasteiger partial charge < -0.3 is 15.2 Å². The molecule has 31 heavy (non-hydrogen) atoms. The maximum Gasteiger partial charge on any atom is 0.305 e. The Morgan fingerprint density at radius 3 is 2.48 bits per heavy atom. The maximum atomic E-state index is 13.3. The number of carbonyl (C=O) groups excluding carboxylic acids is 1. The minimum absolute atomic E-state index is 0.112. The molecule has 0 bridgehead atoms. The van der Waals surface area contributed by atoms with Gasteiger partial charge in [-0.1, -0.05) is 29.8 Å². The number of hydrogen-bond acceptors (Lipinski definition) is 5. The summed E-state index contributed by atoms with van der Waals surface area (Å²) in [6.45, 7) is 3.80. The topological polar surface area (TPSA) is 82.1 Å². The lowest BCUT2D eigenvalue weighted by molar-refractivity contribution is -0.141. The van der Waals surface area contributed by atoms with E-state index in [9.17, 15) is 19.1 Å². The third-order valence-corrected chi connectivity index (χ3v) is 5.41. The van der Waals surface area contributed by atoms with Gasteiger partial charge in [0.15, 0.2) is 0 Å². The van der Waals surface area contributed by atoms with E-state index < -0.39 is 23.7 Å². The number of anilines is 1. The van der Waals surface area contributed by atoms with E-state index in [1.54, 1.807) is 0 Å². The zero-order chi connectivity index (χ0) is 22.2. The summed E-state index contributed by atoms with van der Waals surface area (Å²) in [4.78, 5) is 28.2. The van der Waals surface area contributed by atoms with Crippen molar-refractivity contribution in [1.29, 1.82) is 0 Å². The maximum absolute atomic E-state index is 13.3. The van der Waals surface area contributed by atoms with Crippen LogP contribution in [0.15, 0.2) is 48.5 Å². The second kappa shape index (κ2) is 11.1. The third kappa shape index (κ3) is 6.92. The number of hydrogen-bond donors (Lipinski definition) is 2. The number of carbonyl (C=O) groups is 2. The molecule has 3 rings (SSSR count). The number of piperazine rings is 1. The predicted molar refractivity (Wildman–Crippen MR) is 116 cm³/mol. The molecule has 0 aromatic heterocycles. The average Bonchev–Trinajstić information content (AvgIpc) is 2.76. The zero-order valence-corrected chi connectivity index (χ0v) is 17.7. The quantitative estimate of drug-likeness (QED) is 0.612. The third-order valence-electron chi connectivity index (χ3n) is 5.12. The Morgan fingerprint density at radius 2 is 1.84 bits per heavy atom. The molecule has 0 saturated carbocycles. The van der Waals surface area contributed by atoms with Crippen LogP contribution in [0.4, 0.5) is 10.1 Å². The van der Waals surface area contributed by atoms with Gasteiger partial charge in [0.05, 0.1) is 11.4 Å². The number of carboxylic acid groups (broad SMARTS) is 1. The molecule has 2 aromatic carbocycles. The van der Waals surface area contributed by atoms with Crippen LogP contribution in [0.1, 0.15) is 6.42 Å². The molecular weight excluding hydrogens is 425 g/mol. The molecule has 1 heterocycles. The van der Waals surface area contributed by atoms with Crippen LogP contribution in [0.2, 0.25) is 5.02 Å². The van der Waals surface area contributed by atoms with Crippen molar-refractivity contribution in [2.75, 3.05) is 44.6 Å². The highest BCUT2D eigenvalue weighted by atomic mass is 35.5. The summed E-state index contributed by atoms with van der Waals surface area (Å²) in [5.74, 6) is -1.28. The van der Waals surface area contributed by atoms with E-state index in [4.69, 9.17) is 16.3 Å². The molecule has 7 nitrogen and oxygen atoms in total. The highest BCUT2D eigenvalue weighted by Gasteiger charge is 2.31. The van der Waals surface area contributed by atoms with Crippen molar-refractivity contribution in [2.24, 2.45) is 0 Å². The Labute approximate surface area is 185 Å². The van der Waals surface area contributed by atoms with Crippen molar-refractivity contribution in [3.8, 4) is 5.75 Å². The number of para-hydroxylation sites is 1. The number of aliphatic carboxylic acids is 1. The number of amides is 1. The first-order valence-corrected chi connectivity index (χ1v) is 10.4. The number of carboxylic acids is 1. The first-order valence-electron chi connectivity index (χ1n) is 10.0. The molecule has 0 aliphatic carbocycles. The van der Waals surface area contributed by atoms with E-state index in [1.807, 2.05) is 35.2 Å². The number of nitrogens with one attached hydrogen (secondary N) is 1. The van der Waals surface area contributed by atoms with E-state index in [2.05, 4.69) is 10.2 Å². The minimum Gasteiger partial charge on any atom is -0.492 e. The fourth-order valence-corrected chi connectivity index (χ4v) is 3.64. The van der Waals surface area contributed by atoms with E-state index in [1.165, 1.54) is 12.1 Å². The fourth-order valence-electron chi connectivity index (χ4n) is 3.46. The molecule has 9 heteroatoms. The molecule has 1 aliphatic rings. The molecule has 2 aromatic rings.